The van der Waals surface area contributed by atoms with Gasteiger partial charge in [-0.1, -0.05) is 6.42 Å². The lowest BCUT2D eigenvalue weighted by molar-refractivity contribution is 0.162. The molecule has 2 heterocycles. The molecule has 0 radical (unpaired) electrons. The molecule has 3 rings (SSSR count). The van der Waals surface area contributed by atoms with Crippen LogP contribution in [0.25, 0.3) is 0 Å². The van der Waals surface area contributed by atoms with Gasteiger partial charge in [0.05, 0.1) is 7.11 Å². The Morgan fingerprint density at radius 1 is 1.10 bits per heavy atom. The highest BCUT2D eigenvalue weighted by Crippen LogP contribution is 2.28. The molecule has 0 aromatic heterocycles. The van der Waals surface area contributed by atoms with Crippen LogP contribution in [0.5, 0.6) is 5.75 Å². The van der Waals surface area contributed by atoms with E-state index in [1.807, 2.05) is 0 Å². The van der Waals surface area contributed by atoms with Crippen LogP contribution in [0.4, 0.5) is 5.69 Å². The van der Waals surface area contributed by atoms with Gasteiger partial charge in [-0.25, -0.2) is 0 Å². The van der Waals surface area contributed by atoms with Gasteiger partial charge in [-0.2, -0.15) is 0 Å². The van der Waals surface area contributed by atoms with E-state index in [0.29, 0.717) is 0 Å². The maximum Gasteiger partial charge on any atom is 0.121 e. The van der Waals surface area contributed by atoms with Gasteiger partial charge in [0, 0.05) is 31.4 Å². The third-order valence-electron chi connectivity index (χ3n) is 4.80. The number of ether oxygens (including phenoxy) is 1. The maximum absolute atomic E-state index is 5.37. The van der Waals surface area contributed by atoms with Gasteiger partial charge >= 0.3 is 0 Å². The summed E-state index contributed by atoms with van der Waals surface area (Å²) in [5.41, 5.74) is 2.59. The van der Waals surface area contributed by atoms with Crippen LogP contribution in [0.3, 0.4) is 0 Å². The second kappa shape index (κ2) is 6.04. The van der Waals surface area contributed by atoms with Crippen molar-refractivity contribution in [3.05, 3.63) is 23.8 Å². The van der Waals surface area contributed by atoms with Crippen LogP contribution in [0, 0.1) is 6.92 Å². The third-order valence-corrected chi connectivity index (χ3v) is 4.80. The fraction of sp³-hybridized carbons (Fsp3) is 0.647. The van der Waals surface area contributed by atoms with Crippen LogP contribution < -0.4 is 9.64 Å². The SMILES string of the molecule is COc1ccc(N2CCCN3CCCCC3C2)cc1C. The van der Waals surface area contributed by atoms with E-state index in [1.165, 1.54) is 63.1 Å². The van der Waals surface area contributed by atoms with E-state index < -0.39 is 0 Å². The first-order valence-corrected chi connectivity index (χ1v) is 7.91. The number of rotatable bonds is 2. The summed E-state index contributed by atoms with van der Waals surface area (Å²) in [5, 5.41) is 0. The van der Waals surface area contributed by atoms with Gasteiger partial charge in [0.1, 0.15) is 5.75 Å². The topological polar surface area (TPSA) is 15.7 Å². The zero-order valence-corrected chi connectivity index (χ0v) is 12.8. The summed E-state index contributed by atoms with van der Waals surface area (Å²) in [5.74, 6) is 0.989. The lowest BCUT2D eigenvalue weighted by Gasteiger charge is -2.36. The minimum atomic E-state index is 0.758. The molecule has 1 unspecified atom stereocenters. The summed E-state index contributed by atoms with van der Waals surface area (Å²) in [6.07, 6.45) is 5.43. The highest BCUT2D eigenvalue weighted by atomic mass is 16.5. The molecule has 0 bridgehead atoms. The molecule has 2 saturated heterocycles. The van der Waals surface area contributed by atoms with E-state index in [2.05, 4.69) is 34.9 Å². The number of aryl methyl sites for hydroxylation is 1. The highest BCUT2D eigenvalue weighted by Gasteiger charge is 2.27. The van der Waals surface area contributed by atoms with E-state index in [9.17, 15) is 0 Å². The molecule has 0 saturated carbocycles. The second-order valence-corrected chi connectivity index (χ2v) is 6.14. The van der Waals surface area contributed by atoms with Crippen LogP contribution >= 0.6 is 0 Å². The molecule has 3 nitrogen and oxygen atoms in total. The summed E-state index contributed by atoms with van der Waals surface area (Å²) in [6, 6.07) is 7.35. The molecule has 0 aliphatic carbocycles. The third kappa shape index (κ3) is 2.78. The summed E-state index contributed by atoms with van der Waals surface area (Å²) in [7, 11) is 1.74. The smallest absolute Gasteiger partial charge is 0.121 e. The van der Waals surface area contributed by atoms with Crippen molar-refractivity contribution in [2.45, 2.75) is 38.6 Å². The predicted molar refractivity (Wildman–Crippen MR) is 83.8 cm³/mol. The van der Waals surface area contributed by atoms with E-state index >= 15 is 0 Å². The molecule has 0 amide bonds. The van der Waals surface area contributed by atoms with E-state index in [-0.39, 0.29) is 0 Å². The van der Waals surface area contributed by atoms with E-state index in [0.717, 1.165) is 11.8 Å². The first-order chi connectivity index (χ1) is 9.78. The van der Waals surface area contributed by atoms with Crippen molar-refractivity contribution in [3.8, 4) is 5.75 Å². The number of fused-ring (bicyclic) bond motifs is 1. The normalized spacial score (nSPS) is 24.1. The van der Waals surface area contributed by atoms with E-state index in [4.69, 9.17) is 4.74 Å². The summed E-state index contributed by atoms with van der Waals surface area (Å²) in [4.78, 5) is 5.28. The average Bonchev–Trinajstić information content (AvgIpc) is 2.69. The number of anilines is 1. The molecular weight excluding hydrogens is 248 g/mol. The molecule has 2 aliphatic rings. The van der Waals surface area contributed by atoms with Gasteiger partial charge in [-0.05, 0) is 56.5 Å². The van der Waals surface area contributed by atoms with Crippen molar-refractivity contribution in [2.24, 2.45) is 0 Å². The van der Waals surface area contributed by atoms with Crippen molar-refractivity contribution >= 4 is 5.69 Å². The molecule has 1 aromatic rings. The van der Waals surface area contributed by atoms with Gasteiger partial charge in [0.15, 0.2) is 0 Å². The van der Waals surface area contributed by atoms with Crippen LogP contribution in [-0.4, -0.2) is 44.2 Å². The van der Waals surface area contributed by atoms with Crippen LogP contribution in [0.1, 0.15) is 31.2 Å². The second-order valence-electron chi connectivity index (χ2n) is 6.14. The minimum Gasteiger partial charge on any atom is -0.496 e. The molecule has 0 N–H and O–H groups in total. The van der Waals surface area contributed by atoms with Crippen molar-refractivity contribution in [2.75, 3.05) is 38.2 Å². The van der Waals surface area contributed by atoms with Gasteiger partial charge in [0.25, 0.3) is 0 Å². The first kappa shape index (κ1) is 13.7. The zero-order chi connectivity index (χ0) is 13.9. The fourth-order valence-electron chi connectivity index (χ4n) is 3.67. The standard InChI is InChI=1S/C17H26N2O/c1-14-12-15(7-8-17(14)20-2)19-11-5-10-18-9-4-3-6-16(18)13-19/h7-8,12,16H,3-6,9-11,13H2,1-2H3. The van der Waals surface area contributed by atoms with Gasteiger partial charge < -0.3 is 9.64 Å². The first-order valence-electron chi connectivity index (χ1n) is 7.91. The molecule has 2 aliphatic heterocycles. The highest BCUT2D eigenvalue weighted by molar-refractivity contribution is 5.53. The molecule has 1 atom stereocenters. The lowest BCUT2D eigenvalue weighted by atomic mass is 10.0. The number of nitrogens with zero attached hydrogens (tertiary/aromatic N) is 2. The van der Waals surface area contributed by atoms with Gasteiger partial charge in [0.2, 0.25) is 0 Å². The Kier molecular flexibility index (Phi) is 4.16. The Labute approximate surface area is 122 Å². The number of piperidine rings is 1. The van der Waals surface area contributed by atoms with Gasteiger partial charge in [-0.3, -0.25) is 4.90 Å². The Hall–Kier alpha value is -1.22. The summed E-state index contributed by atoms with van der Waals surface area (Å²) >= 11 is 0. The Bertz CT molecular complexity index is 460. The van der Waals surface area contributed by atoms with Crippen molar-refractivity contribution in [1.82, 2.24) is 4.90 Å². The van der Waals surface area contributed by atoms with Crippen LogP contribution in [0.15, 0.2) is 18.2 Å². The lowest BCUT2D eigenvalue weighted by Crippen LogP contribution is -2.44. The fourth-order valence-corrected chi connectivity index (χ4v) is 3.67. The molecule has 20 heavy (non-hydrogen) atoms. The van der Waals surface area contributed by atoms with Crippen LogP contribution in [-0.2, 0) is 0 Å². The molecule has 0 spiro atoms. The number of hydrogen-bond acceptors (Lipinski definition) is 3. The Morgan fingerprint density at radius 2 is 1.95 bits per heavy atom. The Morgan fingerprint density at radius 3 is 2.75 bits per heavy atom. The molecule has 3 heteroatoms. The molecule has 1 aromatic carbocycles. The molecule has 110 valence electrons. The van der Waals surface area contributed by atoms with Crippen LogP contribution in [0.2, 0.25) is 0 Å². The zero-order valence-electron chi connectivity index (χ0n) is 12.8. The molecule has 2 fully saturated rings. The van der Waals surface area contributed by atoms with Crippen molar-refractivity contribution in [1.29, 1.82) is 0 Å². The van der Waals surface area contributed by atoms with E-state index in [1.54, 1.807) is 7.11 Å². The maximum atomic E-state index is 5.37. The average molecular weight is 274 g/mol. The number of benzene rings is 1. The number of methoxy groups -OCH3 is 1. The summed E-state index contributed by atoms with van der Waals surface area (Å²) < 4.78 is 5.37. The van der Waals surface area contributed by atoms with Crippen molar-refractivity contribution in [3.63, 3.8) is 0 Å². The minimum absolute atomic E-state index is 0.758. The van der Waals surface area contributed by atoms with Gasteiger partial charge in [-0.15, -0.1) is 0 Å². The monoisotopic (exact) mass is 274 g/mol. The van der Waals surface area contributed by atoms with Crippen molar-refractivity contribution < 1.29 is 4.74 Å². The number of hydrogen-bond donors (Lipinski definition) is 0. The summed E-state index contributed by atoms with van der Waals surface area (Å²) in [6.45, 7) is 7.08. The molecular formula is C17H26N2O. The quantitative estimate of drug-likeness (QED) is 0.824. The Balaban J connectivity index is 1.77. The largest absolute Gasteiger partial charge is 0.496 e. The predicted octanol–water partition coefficient (Wildman–Crippen LogP) is 3.07.